The monoisotopic (exact) mass is 224 g/mol. The van der Waals surface area contributed by atoms with Crippen LogP contribution < -0.4 is 0 Å². The molecule has 0 fully saturated rings. The van der Waals surface area contributed by atoms with Gasteiger partial charge in [0, 0.05) is 11.9 Å². The molecule has 1 atom stereocenters. The van der Waals surface area contributed by atoms with Gasteiger partial charge in [0.15, 0.2) is 6.10 Å². The number of rotatable bonds is 3. The van der Waals surface area contributed by atoms with Gasteiger partial charge in [-0.1, -0.05) is 0 Å². The Morgan fingerprint density at radius 1 is 1.50 bits per heavy atom. The number of aliphatic hydroxyl groups excluding tert-OH is 1. The van der Waals surface area contributed by atoms with E-state index in [2.05, 4.69) is 9.97 Å². The van der Waals surface area contributed by atoms with Crippen molar-refractivity contribution >= 4 is 11.8 Å². The zero-order valence-electron chi connectivity index (χ0n) is 6.90. The second-order valence-corrected chi connectivity index (χ2v) is 3.46. The average Bonchev–Trinajstić information content (AvgIpc) is 2.14. The van der Waals surface area contributed by atoms with E-state index >= 15 is 0 Å². The molecule has 0 amide bonds. The largest absolute Gasteiger partial charge is 0.415 e. The van der Waals surface area contributed by atoms with Crippen LogP contribution >= 0.6 is 11.8 Å². The molecule has 1 N–H and O–H groups in total. The number of aliphatic hydroxyl groups is 1. The number of hydrogen-bond donors (Lipinski definition) is 1. The first-order valence-corrected chi connectivity index (χ1v) is 4.62. The molecule has 0 aromatic carbocycles. The molecule has 0 radical (unpaired) electrons. The smallest absolute Gasteiger partial charge is 0.383 e. The van der Waals surface area contributed by atoms with Crippen molar-refractivity contribution in [1.29, 1.82) is 0 Å². The van der Waals surface area contributed by atoms with E-state index in [1.165, 1.54) is 18.6 Å². The Morgan fingerprint density at radius 2 is 2.21 bits per heavy atom. The van der Waals surface area contributed by atoms with Crippen LogP contribution in [-0.4, -0.2) is 33.1 Å². The van der Waals surface area contributed by atoms with Crippen LogP contribution in [0.1, 0.15) is 0 Å². The van der Waals surface area contributed by atoms with Gasteiger partial charge in [0.1, 0.15) is 6.33 Å². The Morgan fingerprint density at radius 3 is 2.71 bits per heavy atom. The molecule has 0 aliphatic rings. The van der Waals surface area contributed by atoms with Gasteiger partial charge >= 0.3 is 6.18 Å². The standard InChI is InChI=1S/C7H7F3N2OS/c8-7(9,10)5(13)3-14-6-1-2-11-4-12-6/h1-2,4-5,13H,3H2. The molecule has 3 nitrogen and oxygen atoms in total. The van der Waals surface area contributed by atoms with E-state index in [9.17, 15) is 13.2 Å². The summed E-state index contributed by atoms with van der Waals surface area (Å²) in [7, 11) is 0. The summed E-state index contributed by atoms with van der Waals surface area (Å²) in [6.07, 6.45) is -4.22. The van der Waals surface area contributed by atoms with Crippen LogP contribution in [0.4, 0.5) is 13.2 Å². The Bertz CT molecular complexity index is 280. The van der Waals surface area contributed by atoms with Gasteiger partial charge in [-0.3, -0.25) is 0 Å². The first-order valence-electron chi connectivity index (χ1n) is 3.64. The van der Waals surface area contributed by atoms with E-state index in [0.717, 1.165) is 11.8 Å². The lowest BCUT2D eigenvalue weighted by Gasteiger charge is -2.13. The van der Waals surface area contributed by atoms with Crippen molar-refractivity contribution in [3.8, 4) is 0 Å². The van der Waals surface area contributed by atoms with Crippen LogP contribution in [0, 0.1) is 0 Å². The maximum atomic E-state index is 11.9. The molecule has 0 aliphatic carbocycles. The SMILES string of the molecule is OC(CSc1ccncn1)C(F)(F)F. The molecule has 1 aromatic heterocycles. The van der Waals surface area contributed by atoms with Gasteiger partial charge in [0.05, 0.1) is 5.03 Å². The van der Waals surface area contributed by atoms with Gasteiger partial charge in [-0.15, -0.1) is 11.8 Å². The molecule has 1 heterocycles. The minimum atomic E-state index is -4.57. The number of halogens is 3. The third-order valence-electron chi connectivity index (χ3n) is 1.32. The number of aromatic nitrogens is 2. The average molecular weight is 224 g/mol. The van der Waals surface area contributed by atoms with Crippen LogP contribution in [0.5, 0.6) is 0 Å². The number of thioether (sulfide) groups is 1. The van der Waals surface area contributed by atoms with Gasteiger partial charge in [-0.25, -0.2) is 9.97 Å². The predicted octanol–water partition coefficient (Wildman–Crippen LogP) is 1.49. The summed E-state index contributed by atoms with van der Waals surface area (Å²) >= 11 is 0.834. The van der Waals surface area contributed by atoms with E-state index in [4.69, 9.17) is 5.11 Å². The Kier molecular flexibility index (Phi) is 3.70. The highest BCUT2D eigenvalue weighted by molar-refractivity contribution is 7.99. The summed E-state index contributed by atoms with van der Waals surface area (Å²) in [5, 5.41) is 9.06. The predicted molar refractivity (Wildman–Crippen MR) is 44.8 cm³/mol. The molecule has 1 aromatic rings. The van der Waals surface area contributed by atoms with Crippen LogP contribution in [0.3, 0.4) is 0 Å². The molecule has 1 rings (SSSR count). The van der Waals surface area contributed by atoms with Crippen molar-refractivity contribution in [2.24, 2.45) is 0 Å². The first kappa shape index (κ1) is 11.3. The molecule has 0 aliphatic heterocycles. The number of hydrogen-bond acceptors (Lipinski definition) is 4. The van der Waals surface area contributed by atoms with Gasteiger partial charge in [0.2, 0.25) is 0 Å². The van der Waals surface area contributed by atoms with Gasteiger partial charge in [-0.2, -0.15) is 13.2 Å². The van der Waals surface area contributed by atoms with Crippen molar-refractivity contribution in [1.82, 2.24) is 9.97 Å². The molecule has 78 valence electrons. The summed E-state index contributed by atoms with van der Waals surface area (Å²) in [6, 6.07) is 1.48. The van der Waals surface area contributed by atoms with E-state index < -0.39 is 18.0 Å². The lowest BCUT2D eigenvalue weighted by atomic mass is 10.4. The second-order valence-electron chi connectivity index (χ2n) is 2.42. The molecule has 0 bridgehead atoms. The molecular formula is C7H7F3N2OS. The van der Waals surface area contributed by atoms with Crippen molar-refractivity contribution in [2.75, 3.05) is 5.75 Å². The van der Waals surface area contributed by atoms with Crippen LogP contribution in [-0.2, 0) is 0 Å². The lowest BCUT2D eigenvalue weighted by molar-refractivity contribution is -0.195. The fourth-order valence-corrected chi connectivity index (χ4v) is 1.42. The van der Waals surface area contributed by atoms with E-state index in [0.29, 0.717) is 5.03 Å². The second kappa shape index (κ2) is 4.61. The van der Waals surface area contributed by atoms with Crippen molar-refractivity contribution in [2.45, 2.75) is 17.3 Å². The maximum Gasteiger partial charge on any atom is 0.415 e. The quantitative estimate of drug-likeness (QED) is 0.624. The van der Waals surface area contributed by atoms with Crippen molar-refractivity contribution in [3.63, 3.8) is 0 Å². The van der Waals surface area contributed by atoms with Crippen LogP contribution in [0.25, 0.3) is 0 Å². The highest BCUT2D eigenvalue weighted by Gasteiger charge is 2.37. The number of nitrogens with zero attached hydrogens (tertiary/aromatic N) is 2. The van der Waals surface area contributed by atoms with Gasteiger partial charge in [-0.05, 0) is 6.07 Å². The van der Waals surface area contributed by atoms with Crippen LogP contribution in [0.2, 0.25) is 0 Å². The third-order valence-corrected chi connectivity index (χ3v) is 2.34. The fraction of sp³-hybridized carbons (Fsp3) is 0.429. The Balaban J connectivity index is 2.42. The summed E-state index contributed by atoms with van der Waals surface area (Å²) in [5.41, 5.74) is 0. The Hall–Kier alpha value is -0.820. The summed E-state index contributed by atoms with van der Waals surface area (Å²) in [5.74, 6) is -0.458. The molecule has 7 heteroatoms. The zero-order valence-corrected chi connectivity index (χ0v) is 7.72. The first-order chi connectivity index (χ1) is 6.50. The fourth-order valence-electron chi connectivity index (χ4n) is 0.623. The minimum absolute atomic E-state index is 0.406. The van der Waals surface area contributed by atoms with E-state index in [-0.39, 0.29) is 0 Å². The molecule has 0 saturated carbocycles. The maximum absolute atomic E-state index is 11.9. The summed E-state index contributed by atoms with van der Waals surface area (Å²) in [4.78, 5) is 7.32. The van der Waals surface area contributed by atoms with Crippen molar-refractivity contribution in [3.05, 3.63) is 18.6 Å². The van der Waals surface area contributed by atoms with E-state index in [1.54, 1.807) is 0 Å². The highest BCUT2D eigenvalue weighted by Crippen LogP contribution is 2.25. The molecular weight excluding hydrogens is 217 g/mol. The molecule has 1 unspecified atom stereocenters. The normalized spacial score (nSPS) is 14.0. The highest BCUT2D eigenvalue weighted by atomic mass is 32.2. The topological polar surface area (TPSA) is 46.0 Å². The van der Waals surface area contributed by atoms with Crippen LogP contribution in [0.15, 0.2) is 23.6 Å². The molecule has 0 saturated heterocycles. The van der Waals surface area contributed by atoms with Gasteiger partial charge < -0.3 is 5.11 Å². The third kappa shape index (κ3) is 3.51. The van der Waals surface area contributed by atoms with Crippen molar-refractivity contribution < 1.29 is 18.3 Å². The van der Waals surface area contributed by atoms with E-state index in [1.807, 2.05) is 0 Å². The summed E-state index contributed by atoms with van der Waals surface area (Å²) < 4.78 is 35.6. The summed E-state index contributed by atoms with van der Waals surface area (Å²) in [6.45, 7) is 0. The minimum Gasteiger partial charge on any atom is -0.383 e. The molecule has 0 spiro atoms. The number of alkyl halides is 3. The lowest BCUT2D eigenvalue weighted by Crippen LogP contribution is -2.30. The molecule has 14 heavy (non-hydrogen) atoms. The van der Waals surface area contributed by atoms with Gasteiger partial charge in [0.25, 0.3) is 0 Å². The zero-order chi connectivity index (χ0) is 10.6. The Labute approximate surface area is 82.4 Å².